The van der Waals surface area contributed by atoms with Gasteiger partial charge in [-0.2, -0.15) is 0 Å². The fourth-order valence-corrected chi connectivity index (χ4v) is 2.23. The normalized spacial score (nSPS) is 10.8. The lowest BCUT2D eigenvalue weighted by atomic mass is 10.1. The predicted molar refractivity (Wildman–Crippen MR) is 78.2 cm³/mol. The van der Waals surface area contributed by atoms with Crippen LogP contribution in [0.5, 0.6) is 5.75 Å². The lowest BCUT2D eigenvalue weighted by Gasteiger charge is -2.14. The highest BCUT2D eigenvalue weighted by atomic mass is 16.5. The van der Waals surface area contributed by atoms with Gasteiger partial charge in [-0.3, -0.25) is 0 Å². The fourth-order valence-electron chi connectivity index (χ4n) is 2.23. The van der Waals surface area contributed by atoms with Gasteiger partial charge in [0.15, 0.2) is 0 Å². The zero-order valence-electron chi connectivity index (χ0n) is 12.0. The molecule has 0 aliphatic heterocycles. The van der Waals surface area contributed by atoms with Crippen molar-refractivity contribution in [3.63, 3.8) is 0 Å². The van der Waals surface area contributed by atoms with Gasteiger partial charge < -0.3 is 14.4 Å². The summed E-state index contributed by atoms with van der Waals surface area (Å²) in [7, 11) is 1.62. The van der Waals surface area contributed by atoms with Crippen LogP contribution >= 0.6 is 0 Å². The summed E-state index contributed by atoms with van der Waals surface area (Å²) in [5.74, 6) is 0.261. The highest BCUT2D eigenvalue weighted by molar-refractivity contribution is 5.87. The molecule has 1 heterocycles. The predicted octanol–water partition coefficient (Wildman–Crippen LogP) is 3.52. The lowest BCUT2D eigenvalue weighted by Crippen LogP contribution is -2.13. The maximum atomic E-state index is 11.3. The number of hydrogen-bond donors (Lipinski definition) is 1. The van der Waals surface area contributed by atoms with Gasteiger partial charge in [0.25, 0.3) is 0 Å². The van der Waals surface area contributed by atoms with E-state index < -0.39 is 5.97 Å². The molecule has 4 nitrogen and oxygen atoms in total. The summed E-state index contributed by atoms with van der Waals surface area (Å²) in [4.78, 5) is 11.3. The van der Waals surface area contributed by atoms with Crippen LogP contribution in [-0.2, 0) is 6.54 Å². The van der Waals surface area contributed by atoms with Crippen LogP contribution in [0.25, 0.3) is 11.3 Å². The monoisotopic (exact) mass is 273 g/mol. The summed E-state index contributed by atoms with van der Waals surface area (Å²) in [6.45, 7) is 4.82. The Morgan fingerprint density at radius 2 is 1.85 bits per heavy atom. The molecule has 0 spiro atoms. The average Bonchev–Trinajstić information content (AvgIpc) is 2.82. The van der Waals surface area contributed by atoms with E-state index in [4.69, 9.17) is 4.74 Å². The van der Waals surface area contributed by atoms with Crippen molar-refractivity contribution in [3.05, 3.63) is 42.1 Å². The largest absolute Gasteiger partial charge is 0.497 e. The molecule has 0 saturated carbocycles. The SMILES string of the molecule is COc1ccc(-c2ccc(C(=O)O)n2CC(C)C)cc1. The number of methoxy groups -OCH3 is 1. The molecule has 0 amide bonds. The van der Waals surface area contributed by atoms with Crippen LogP contribution < -0.4 is 4.74 Å². The van der Waals surface area contributed by atoms with Crippen molar-refractivity contribution in [2.24, 2.45) is 5.92 Å². The number of carbonyl (C=O) groups is 1. The molecule has 20 heavy (non-hydrogen) atoms. The second-order valence-electron chi connectivity index (χ2n) is 5.14. The minimum atomic E-state index is -0.898. The number of aromatic carboxylic acids is 1. The Kier molecular flexibility index (Phi) is 4.13. The van der Waals surface area contributed by atoms with Gasteiger partial charge in [0.1, 0.15) is 11.4 Å². The average molecular weight is 273 g/mol. The molecule has 4 heteroatoms. The highest BCUT2D eigenvalue weighted by Crippen LogP contribution is 2.26. The first-order chi connectivity index (χ1) is 9.52. The summed E-state index contributed by atoms with van der Waals surface area (Å²) in [6, 6.07) is 11.1. The molecule has 0 bridgehead atoms. The van der Waals surface area contributed by atoms with Crippen LogP contribution in [0.15, 0.2) is 36.4 Å². The van der Waals surface area contributed by atoms with E-state index in [0.29, 0.717) is 18.2 Å². The van der Waals surface area contributed by atoms with Crippen LogP contribution in [0.2, 0.25) is 0 Å². The molecule has 1 N–H and O–H groups in total. The van der Waals surface area contributed by atoms with Crippen molar-refractivity contribution >= 4 is 5.97 Å². The summed E-state index contributed by atoms with van der Waals surface area (Å²) in [5.41, 5.74) is 2.22. The number of rotatable bonds is 5. The second kappa shape index (κ2) is 5.82. The number of carboxylic acid groups (broad SMARTS) is 1. The van der Waals surface area contributed by atoms with Crippen molar-refractivity contribution in [1.29, 1.82) is 0 Å². The summed E-state index contributed by atoms with van der Waals surface area (Å²) in [5, 5.41) is 9.28. The molecule has 0 fully saturated rings. The number of aromatic nitrogens is 1. The molecule has 2 aromatic rings. The van der Waals surface area contributed by atoms with Crippen molar-refractivity contribution in [2.45, 2.75) is 20.4 Å². The van der Waals surface area contributed by atoms with Gasteiger partial charge in [0, 0.05) is 12.2 Å². The number of carboxylic acids is 1. The van der Waals surface area contributed by atoms with Gasteiger partial charge in [0.05, 0.1) is 7.11 Å². The first-order valence-corrected chi connectivity index (χ1v) is 6.60. The number of benzene rings is 1. The molecule has 0 radical (unpaired) electrons. The van der Waals surface area contributed by atoms with E-state index in [0.717, 1.165) is 17.0 Å². The lowest BCUT2D eigenvalue weighted by molar-refractivity contribution is 0.0684. The molecule has 0 saturated heterocycles. The highest BCUT2D eigenvalue weighted by Gasteiger charge is 2.15. The quantitative estimate of drug-likeness (QED) is 0.906. The Bertz CT molecular complexity index is 597. The van der Waals surface area contributed by atoms with Gasteiger partial charge in [-0.25, -0.2) is 4.79 Å². The molecule has 106 valence electrons. The van der Waals surface area contributed by atoms with Crippen molar-refractivity contribution < 1.29 is 14.6 Å². The number of ether oxygens (including phenoxy) is 1. The number of hydrogen-bond acceptors (Lipinski definition) is 2. The minimum Gasteiger partial charge on any atom is -0.497 e. The van der Waals surface area contributed by atoms with Gasteiger partial charge in [-0.15, -0.1) is 0 Å². The first kappa shape index (κ1) is 14.2. The van der Waals surface area contributed by atoms with Gasteiger partial charge >= 0.3 is 5.97 Å². The molecule has 1 aromatic heterocycles. The van der Waals surface area contributed by atoms with Crippen molar-refractivity contribution in [3.8, 4) is 17.0 Å². The van der Waals surface area contributed by atoms with E-state index in [1.165, 1.54) is 0 Å². The van der Waals surface area contributed by atoms with Gasteiger partial charge in [-0.1, -0.05) is 13.8 Å². The Balaban J connectivity index is 2.46. The van der Waals surface area contributed by atoms with Crippen molar-refractivity contribution in [2.75, 3.05) is 7.11 Å². The first-order valence-electron chi connectivity index (χ1n) is 6.60. The molecular formula is C16H19NO3. The Morgan fingerprint density at radius 3 is 2.35 bits per heavy atom. The number of nitrogens with zero attached hydrogens (tertiary/aromatic N) is 1. The van der Waals surface area contributed by atoms with E-state index in [-0.39, 0.29) is 0 Å². The summed E-state index contributed by atoms with van der Waals surface area (Å²) < 4.78 is 7.00. The Hall–Kier alpha value is -2.23. The van der Waals surface area contributed by atoms with E-state index in [9.17, 15) is 9.90 Å². The molecule has 0 unspecified atom stereocenters. The third kappa shape index (κ3) is 2.85. The molecule has 0 aliphatic rings. The van der Waals surface area contributed by atoms with Crippen LogP contribution in [0.1, 0.15) is 24.3 Å². The smallest absolute Gasteiger partial charge is 0.352 e. The van der Waals surface area contributed by atoms with Crippen molar-refractivity contribution in [1.82, 2.24) is 4.57 Å². The summed E-state index contributed by atoms with van der Waals surface area (Å²) >= 11 is 0. The Labute approximate surface area is 118 Å². The zero-order chi connectivity index (χ0) is 14.7. The van der Waals surface area contributed by atoms with E-state index >= 15 is 0 Å². The second-order valence-corrected chi connectivity index (χ2v) is 5.14. The van der Waals surface area contributed by atoms with Crippen LogP contribution in [0.3, 0.4) is 0 Å². The standard InChI is InChI=1S/C16H19NO3/c1-11(2)10-17-14(8-9-15(17)16(18)19)12-4-6-13(20-3)7-5-12/h4-9,11H,10H2,1-3H3,(H,18,19). The fraction of sp³-hybridized carbons (Fsp3) is 0.312. The van der Waals surface area contributed by atoms with Crippen LogP contribution in [-0.4, -0.2) is 22.8 Å². The topological polar surface area (TPSA) is 51.5 Å². The molecule has 0 aliphatic carbocycles. The maximum Gasteiger partial charge on any atom is 0.352 e. The van der Waals surface area contributed by atoms with Gasteiger partial charge in [0.2, 0.25) is 0 Å². The van der Waals surface area contributed by atoms with Crippen LogP contribution in [0, 0.1) is 5.92 Å². The third-order valence-corrected chi connectivity index (χ3v) is 3.13. The minimum absolute atomic E-state index is 0.324. The van der Waals surface area contributed by atoms with Gasteiger partial charge in [-0.05, 0) is 47.9 Å². The van der Waals surface area contributed by atoms with Crippen LogP contribution in [0.4, 0.5) is 0 Å². The maximum absolute atomic E-state index is 11.3. The third-order valence-electron chi connectivity index (χ3n) is 3.13. The molecular weight excluding hydrogens is 254 g/mol. The molecule has 2 rings (SSSR count). The van der Waals surface area contributed by atoms with E-state index in [1.54, 1.807) is 13.2 Å². The Morgan fingerprint density at radius 1 is 1.20 bits per heavy atom. The summed E-state index contributed by atoms with van der Waals surface area (Å²) in [6.07, 6.45) is 0. The molecule has 1 aromatic carbocycles. The zero-order valence-corrected chi connectivity index (χ0v) is 12.0. The molecule has 0 atom stereocenters. The van der Waals surface area contributed by atoms with E-state index in [1.807, 2.05) is 34.9 Å². The van der Waals surface area contributed by atoms with E-state index in [2.05, 4.69) is 13.8 Å².